The maximum atomic E-state index is 11.7. The topological polar surface area (TPSA) is 53.2 Å². The third kappa shape index (κ3) is 3.93. The molecule has 3 N–H and O–H groups in total. The Bertz CT molecular complexity index is 201. The molecule has 1 saturated heterocycles. The highest BCUT2D eigenvalue weighted by Gasteiger charge is 2.29. The normalized spacial score (nSPS) is 23.2. The third-order valence-electron chi connectivity index (χ3n) is 1.82. The molecule has 1 atom stereocenters. The summed E-state index contributed by atoms with van der Waals surface area (Å²) in [5, 5.41) is 7.55. The van der Waals surface area contributed by atoms with Crippen LogP contribution < -0.4 is 16.0 Å². The first-order valence-electron chi connectivity index (χ1n) is 4.27. The minimum atomic E-state index is -4.35. The number of nitrogens with one attached hydrogen (secondary N) is 3. The van der Waals surface area contributed by atoms with Crippen molar-refractivity contribution in [3.63, 3.8) is 0 Å². The van der Waals surface area contributed by atoms with Crippen LogP contribution in [-0.2, 0) is 4.79 Å². The maximum absolute atomic E-state index is 11.7. The van der Waals surface area contributed by atoms with E-state index in [2.05, 4.69) is 10.6 Å². The minimum Gasteiger partial charge on any atom is -0.346 e. The molecule has 14 heavy (non-hydrogen) atoms. The first kappa shape index (κ1) is 11.3. The molecule has 1 amide bonds. The van der Waals surface area contributed by atoms with Gasteiger partial charge in [-0.25, -0.2) is 0 Å². The van der Waals surface area contributed by atoms with Gasteiger partial charge in [-0.1, -0.05) is 0 Å². The molecule has 0 aromatic carbocycles. The number of rotatable bonds is 2. The van der Waals surface area contributed by atoms with Crippen molar-refractivity contribution < 1.29 is 18.0 Å². The summed E-state index contributed by atoms with van der Waals surface area (Å²) in [6.45, 7) is 0.404. The zero-order valence-corrected chi connectivity index (χ0v) is 7.45. The standard InChI is InChI=1S/C7H12F3N3O/c8-7(9,10)4-13-6(14)5-3-11-1-2-12-5/h5,11-12H,1-4H2,(H,13,14)/t5-/m1/s1. The molecule has 1 fully saturated rings. The number of hydrogen-bond acceptors (Lipinski definition) is 3. The molecular weight excluding hydrogens is 199 g/mol. The van der Waals surface area contributed by atoms with Crippen LogP contribution in [0.25, 0.3) is 0 Å². The van der Waals surface area contributed by atoms with Crippen LogP contribution in [0.3, 0.4) is 0 Å². The molecule has 0 bridgehead atoms. The van der Waals surface area contributed by atoms with E-state index in [1.165, 1.54) is 0 Å². The molecule has 0 aromatic heterocycles. The number of halogens is 3. The number of alkyl halides is 3. The van der Waals surface area contributed by atoms with Gasteiger partial charge in [0.15, 0.2) is 0 Å². The van der Waals surface area contributed by atoms with E-state index in [4.69, 9.17) is 0 Å². The second kappa shape index (κ2) is 4.61. The monoisotopic (exact) mass is 211 g/mol. The molecule has 1 heterocycles. The van der Waals surface area contributed by atoms with E-state index in [-0.39, 0.29) is 0 Å². The van der Waals surface area contributed by atoms with Gasteiger partial charge >= 0.3 is 6.18 Å². The van der Waals surface area contributed by atoms with E-state index >= 15 is 0 Å². The van der Waals surface area contributed by atoms with Gasteiger partial charge in [0.25, 0.3) is 0 Å². The Balaban J connectivity index is 2.27. The van der Waals surface area contributed by atoms with E-state index in [0.29, 0.717) is 13.1 Å². The van der Waals surface area contributed by atoms with Crippen molar-refractivity contribution in [3.8, 4) is 0 Å². The predicted molar refractivity (Wildman–Crippen MR) is 43.7 cm³/mol. The van der Waals surface area contributed by atoms with Gasteiger partial charge in [-0.3, -0.25) is 4.79 Å². The zero-order chi connectivity index (χ0) is 10.6. The molecule has 1 aliphatic rings. The van der Waals surface area contributed by atoms with Gasteiger partial charge < -0.3 is 16.0 Å². The molecule has 0 spiro atoms. The predicted octanol–water partition coefficient (Wildman–Crippen LogP) is -0.774. The van der Waals surface area contributed by atoms with Crippen LogP contribution in [0.2, 0.25) is 0 Å². The van der Waals surface area contributed by atoms with E-state index < -0.39 is 24.7 Å². The Kier molecular flexibility index (Phi) is 3.70. The summed E-state index contributed by atoms with van der Waals surface area (Å²) >= 11 is 0. The lowest BCUT2D eigenvalue weighted by Crippen LogP contribution is -2.56. The van der Waals surface area contributed by atoms with E-state index in [9.17, 15) is 18.0 Å². The Morgan fingerprint density at radius 3 is 2.64 bits per heavy atom. The van der Waals surface area contributed by atoms with Crippen molar-refractivity contribution in [3.05, 3.63) is 0 Å². The van der Waals surface area contributed by atoms with Crippen molar-refractivity contribution in [2.45, 2.75) is 12.2 Å². The average Bonchev–Trinajstić information content (AvgIpc) is 2.14. The summed E-state index contributed by atoms with van der Waals surface area (Å²) in [4.78, 5) is 11.1. The third-order valence-corrected chi connectivity index (χ3v) is 1.82. The van der Waals surface area contributed by atoms with Crippen LogP contribution in [0.1, 0.15) is 0 Å². The van der Waals surface area contributed by atoms with Gasteiger partial charge in [0.2, 0.25) is 5.91 Å². The van der Waals surface area contributed by atoms with Crippen LogP contribution in [0.4, 0.5) is 13.2 Å². The van der Waals surface area contributed by atoms with E-state index in [0.717, 1.165) is 6.54 Å². The molecule has 0 unspecified atom stereocenters. The smallest absolute Gasteiger partial charge is 0.346 e. The molecular formula is C7H12F3N3O. The van der Waals surface area contributed by atoms with Crippen molar-refractivity contribution in [2.24, 2.45) is 0 Å². The largest absolute Gasteiger partial charge is 0.405 e. The fraction of sp³-hybridized carbons (Fsp3) is 0.857. The van der Waals surface area contributed by atoms with E-state index in [1.54, 1.807) is 0 Å². The highest BCUT2D eigenvalue weighted by molar-refractivity contribution is 5.82. The van der Waals surface area contributed by atoms with Crippen molar-refractivity contribution in [2.75, 3.05) is 26.2 Å². The fourth-order valence-corrected chi connectivity index (χ4v) is 1.15. The summed E-state index contributed by atoms with van der Waals surface area (Å²) in [6, 6.07) is -0.564. The van der Waals surface area contributed by atoms with Gasteiger partial charge in [-0.05, 0) is 0 Å². The summed E-state index contributed by atoms with van der Waals surface area (Å²) in [5.41, 5.74) is 0. The van der Waals surface area contributed by atoms with Crippen LogP contribution in [0.5, 0.6) is 0 Å². The first-order valence-corrected chi connectivity index (χ1v) is 4.27. The van der Waals surface area contributed by atoms with Crippen LogP contribution in [0, 0.1) is 0 Å². The maximum Gasteiger partial charge on any atom is 0.405 e. The second-order valence-electron chi connectivity index (χ2n) is 3.04. The Hall–Kier alpha value is -0.820. The Morgan fingerprint density at radius 2 is 2.14 bits per heavy atom. The number of amides is 1. The lowest BCUT2D eigenvalue weighted by Gasteiger charge is -2.23. The molecule has 0 aliphatic carbocycles. The molecule has 4 nitrogen and oxygen atoms in total. The van der Waals surface area contributed by atoms with Crippen molar-refractivity contribution >= 4 is 5.91 Å². The molecule has 1 aliphatic heterocycles. The Morgan fingerprint density at radius 1 is 1.43 bits per heavy atom. The number of hydrogen-bond donors (Lipinski definition) is 3. The van der Waals surface area contributed by atoms with Crippen molar-refractivity contribution in [1.82, 2.24) is 16.0 Å². The molecule has 0 saturated carbocycles. The van der Waals surface area contributed by atoms with Gasteiger partial charge in [-0.2, -0.15) is 13.2 Å². The van der Waals surface area contributed by atoms with Gasteiger partial charge in [-0.15, -0.1) is 0 Å². The van der Waals surface area contributed by atoms with E-state index in [1.807, 2.05) is 5.32 Å². The summed E-state index contributed by atoms with van der Waals surface area (Å²) < 4.78 is 35.2. The van der Waals surface area contributed by atoms with Gasteiger partial charge in [0.1, 0.15) is 6.54 Å². The zero-order valence-electron chi connectivity index (χ0n) is 7.45. The lowest BCUT2D eigenvalue weighted by molar-refractivity contribution is -0.139. The lowest BCUT2D eigenvalue weighted by atomic mass is 10.2. The summed E-state index contributed by atoms with van der Waals surface area (Å²) in [6.07, 6.45) is -4.35. The molecule has 1 rings (SSSR count). The van der Waals surface area contributed by atoms with Crippen LogP contribution in [-0.4, -0.2) is 44.3 Å². The fourth-order valence-electron chi connectivity index (χ4n) is 1.15. The summed E-state index contributed by atoms with van der Waals surface area (Å²) in [7, 11) is 0. The quantitative estimate of drug-likeness (QED) is 0.562. The van der Waals surface area contributed by atoms with Gasteiger partial charge in [0.05, 0.1) is 6.04 Å². The molecule has 0 aromatic rings. The van der Waals surface area contributed by atoms with Crippen LogP contribution in [0.15, 0.2) is 0 Å². The number of piperazine rings is 1. The Labute approximate surface area is 79.2 Å². The molecule has 7 heteroatoms. The molecule has 0 radical (unpaired) electrons. The van der Waals surface area contributed by atoms with Crippen LogP contribution >= 0.6 is 0 Å². The highest BCUT2D eigenvalue weighted by atomic mass is 19.4. The number of carbonyl (C=O) groups excluding carboxylic acids is 1. The average molecular weight is 211 g/mol. The first-order chi connectivity index (χ1) is 6.49. The SMILES string of the molecule is O=C(NCC(F)(F)F)[C@H]1CNCCN1. The number of carbonyl (C=O) groups is 1. The second-order valence-corrected chi connectivity index (χ2v) is 3.04. The minimum absolute atomic E-state index is 0.365. The molecule has 82 valence electrons. The summed E-state index contributed by atoms with van der Waals surface area (Å²) in [5.74, 6) is -0.616. The van der Waals surface area contributed by atoms with Gasteiger partial charge in [0, 0.05) is 19.6 Å². The highest BCUT2D eigenvalue weighted by Crippen LogP contribution is 2.12. The van der Waals surface area contributed by atoms with Crippen molar-refractivity contribution in [1.29, 1.82) is 0 Å².